The molecular weight excluding hydrogens is 260 g/mol. The van der Waals surface area contributed by atoms with Crippen molar-refractivity contribution in [3.05, 3.63) is 58.5 Å². The molecule has 1 aromatic carbocycles. The molecule has 0 spiro atoms. The molecule has 0 aliphatic carbocycles. The number of hydrogen-bond acceptors (Lipinski definition) is 2. The standard InChI is InChI=1S/C13H12ClF2NO/c14-13-2-1-12(18-13)8-17-4-3-9-5-10(15)7-11(16)6-9/h1-2,5-7,17H,3-4,8H2. The maximum atomic E-state index is 12.9. The van der Waals surface area contributed by atoms with E-state index >= 15 is 0 Å². The average Bonchev–Trinajstić information content (AvgIpc) is 2.69. The van der Waals surface area contributed by atoms with Gasteiger partial charge in [-0.1, -0.05) is 0 Å². The molecule has 1 N–H and O–H groups in total. The second-order valence-corrected chi connectivity index (χ2v) is 4.28. The predicted molar refractivity (Wildman–Crippen MR) is 65.5 cm³/mol. The van der Waals surface area contributed by atoms with Crippen LogP contribution in [0.25, 0.3) is 0 Å². The van der Waals surface area contributed by atoms with Gasteiger partial charge in [-0.3, -0.25) is 0 Å². The van der Waals surface area contributed by atoms with Crippen molar-refractivity contribution in [2.24, 2.45) is 0 Å². The van der Waals surface area contributed by atoms with Crippen molar-refractivity contribution in [3.8, 4) is 0 Å². The van der Waals surface area contributed by atoms with Gasteiger partial charge in [-0.05, 0) is 54.4 Å². The molecule has 0 amide bonds. The van der Waals surface area contributed by atoms with E-state index in [0.29, 0.717) is 30.3 Å². The molecule has 2 nitrogen and oxygen atoms in total. The quantitative estimate of drug-likeness (QED) is 0.842. The molecule has 0 atom stereocenters. The Morgan fingerprint density at radius 1 is 1.11 bits per heavy atom. The van der Waals surface area contributed by atoms with Gasteiger partial charge >= 0.3 is 0 Å². The molecule has 0 bridgehead atoms. The Hall–Kier alpha value is -1.39. The SMILES string of the molecule is Fc1cc(F)cc(CCNCc2ccc(Cl)o2)c1. The molecule has 0 unspecified atom stereocenters. The summed E-state index contributed by atoms with van der Waals surface area (Å²) in [6.45, 7) is 1.13. The predicted octanol–water partition coefficient (Wildman–Crippen LogP) is 3.54. The van der Waals surface area contributed by atoms with Crippen LogP contribution >= 0.6 is 11.6 Å². The summed E-state index contributed by atoms with van der Waals surface area (Å²) < 4.78 is 31.0. The number of hydrogen-bond donors (Lipinski definition) is 1. The first kappa shape index (κ1) is 13.1. The van der Waals surface area contributed by atoms with E-state index in [1.54, 1.807) is 12.1 Å². The molecular formula is C13H12ClF2NO. The van der Waals surface area contributed by atoms with E-state index in [0.717, 1.165) is 11.8 Å². The molecule has 96 valence electrons. The zero-order valence-corrected chi connectivity index (χ0v) is 10.3. The van der Waals surface area contributed by atoms with Crippen molar-refractivity contribution in [1.29, 1.82) is 0 Å². The van der Waals surface area contributed by atoms with Crippen LogP contribution in [0, 0.1) is 11.6 Å². The zero-order valence-electron chi connectivity index (χ0n) is 9.55. The first-order valence-corrected chi connectivity index (χ1v) is 5.91. The van der Waals surface area contributed by atoms with E-state index in [1.165, 1.54) is 12.1 Å². The van der Waals surface area contributed by atoms with Gasteiger partial charge in [0.15, 0.2) is 5.22 Å². The van der Waals surface area contributed by atoms with Gasteiger partial charge in [0.2, 0.25) is 0 Å². The molecule has 0 radical (unpaired) electrons. The summed E-state index contributed by atoms with van der Waals surface area (Å²) in [5.74, 6) is -0.379. The molecule has 0 aliphatic heterocycles. The maximum absolute atomic E-state index is 12.9. The van der Waals surface area contributed by atoms with Crippen LogP contribution in [-0.2, 0) is 13.0 Å². The van der Waals surface area contributed by atoms with Crippen molar-refractivity contribution < 1.29 is 13.2 Å². The van der Waals surface area contributed by atoms with Crippen molar-refractivity contribution in [1.82, 2.24) is 5.32 Å². The van der Waals surface area contributed by atoms with E-state index in [-0.39, 0.29) is 0 Å². The number of furan rings is 1. The normalized spacial score (nSPS) is 10.8. The first-order chi connectivity index (χ1) is 8.63. The van der Waals surface area contributed by atoms with E-state index in [4.69, 9.17) is 16.0 Å². The van der Waals surface area contributed by atoms with Crippen LogP contribution in [0.2, 0.25) is 5.22 Å². The highest BCUT2D eigenvalue weighted by Gasteiger charge is 2.02. The smallest absolute Gasteiger partial charge is 0.193 e. The molecule has 0 saturated heterocycles. The van der Waals surface area contributed by atoms with Crippen LogP contribution in [0.3, 0.4) is 0 Å². The van der Waals surface area contributed by atoms with Crippen LogP contribution in [0.1, 0.15) is 11.3 Å². The summed E-state index contributed by atoms with van der Waals surface area (Å²) in [5, 5.41) is 3.45. The third kappa shape index (κ3) is 3.82. The second kappa shape index (κ2) is 5.98. The summed E-state index contributed by atoms with van der Waals surface area (Å²) >= 11 is 5.63. The lowest BCUT2D eigenvalue weighted by atomic mass is 10.1. The summed E-state index contributed by atoms with van der Waals surface area (Å²) in [4.78, 5) is 0. The number of halogens is 3. The third-order valence-corrected chi connectivity index (χ3v) is 2.64. The molecule has 1 aromatic heterocycles. The van der Waals surface area contributed by atoms with Crippen LogP contribution in [0.4, 0.5) is 8.78 Å². The molecule has 18 heavy (non-hydrogen) atoms. The van der Waals surface area contributed by atoms with Gasteiger partial charge in [0.1, 0.15) is 17.4 Å². The topological polar surface area (TPSA) is 25.2 Å². The van der Waals surface area contributed by atoms with Gasteiger partial charge < -0.3 is 9.73 Å². The van der Waals surface area contributed by atoms with Gasteiger partial charge in [-0.15, -0.1) is 0 Å². The van der Waals surface area contributed by atoms with Crippen molar-refractivity contribution in [2.75, 3.05) is 6.54 Å². The summed E-state index contributed by atoms with van der Waals surface area (Å²) in [6.07, 6.45) is 0.545. The highest BCUT2D eigenvalue weighted by Crippen LogP contribution is 2.12. The second-order valence-electron chi connectivity index (χ2n) is 3.91. The highest BCUT2D eigenvalue weighted by molar-refractivity contribution is 6.28. The van der Waals surface area contributed by atoms with Gasteiger partial charge in [0, 0.05) is 6.07 Å². The monoisotopic (exact) mass is 271 g/mol. The minimum atomic E-state index is -0.553. The molecule has 0 aliphatic rings. The maximum Gasteiger partial charge on any atom is 0.193 e. The van der Waals surface area contributed by atoms with E-state index < -0.39 is 11.6 Å². The van der Waals surface area contributed by atoms with E-state index in [2.05, 4.69) is 5.32 Å². The Bertz CT molecular complexity index is 507. The third-order valence-electron chi connectivity index (χ3n) is 2.44. The fraction of sp³-hybridized carbons (Fsp3) is 0.231. The van der Waals surface area contributed by atoms with Gasteiger partial charge in [-0.2, -0.15) is 0 Å². The average molecular weight is 272 g/mol. The lowest BCUT2D eigenvalue weighted by Gasteiger charge is -2.04. The summed E-state index contributed by atoms with van der Waals surface area (Å²) in [6, 6.07) is 6.96. The van der Waals surface area contributed by atoms with E-state index in [1.807, 2.05) is 0 Å². The minimum Gasteiger partial charge on any atom is -0.448 e. The molecule has 0 saturated carbocycles. The van der Waals surface area contributed by atoms with Crippen molar-refractivity contribution >= 4 is 11.6 Å². The Labute approximate surface area is 109 Å². The molecule has 0 fully saturated rings. The molecule has 1 heterocycles. The number of nitrogens with one attached hydrogen (secondary N) is 1. The van der Waals surface area contributed by atoms with Gasteiger partial charge in [-0.25, -0.2) is 8.78 Å². The number of benzene rings is 1. The molecule has 2 rings (SSSR count). The lowest BCUT2D eigenvalue weighted by molar-refractivity contribution is 0.485. The molecule has 2 aromatic rings. The lowest BCUT2D eigenvalue weighted by Crippen LogP contribution is -2.16. The summed E-state index contributed by atoms with van der Waals surface area (Å²) in [7, 11) is 0. The minimum absolute atomic E-state index is 0.346. The van der Waals surface area contributed by atoms with Crippen LogP contribution in [-0.4, -0.2) is 6.54 Å². The van der Waals surface area contributed by atoms with Gasteiger partial charge in [0.25, 0.3) is 0 Å². The first-order valence-electron chi connectivity index (χ1n) is 5.53. The van der Waals surface area contributed by atoms with Crippen LogP contribution < -0.4 is 5.32 Å². The Morgan fingerprint density at radius 3 is 2.44 bits per heavy atom. The highest BCUT2D eigenvalue weighted by atomic mass is 35.5. The Balaban J connectivity index is 1.78. The molecule has 5 heteroatoms. The van der Waals surface area contributed by atoms with Crippen LogP contribution in [0.5, 0.6) is 0 Å². The summed E-state index contributed by atoms with van der Waals surface area (Å²) in [5.41, 5.74) is 0.623. The largest absolute Gasteiger partial charge is 0.448 e. The number of rotatable bonds is 5. The Morgan fingerprint density at radius 2 is 1.83 bits per heavy atom. The van der Waals surface area contributed by atoms with Crippen LogP contribution in [0.15, 0.2) is 34.7 Å². The fourth-order valence-corrected chi connectivity index (χ4v) is 1.81. The zero-order chi connectivity index (χ0) is 13.0. The van der Waals surface area contributed by atoms with Gasteiger partial charge in [0.05, 0.1) is 6.54 Å². The van der Waals surface area contributed by atoms with Crippen molar-refractivity contribution in [2.45, 2.75) is 13.0 Å². The van der Waals surface area contributed by atoms with Crippen molar-refractivity contribution in [3.63, 3.8) is 0 Å². The van der Waals surface area contributed by atoms with E-state index in [9.17, 15) is 8.78 Å². The Kier molecular flexibility index (Phi) is 4.33. The fourth-order valence-electron chi connectivity index (χ4n) is 1.65.